The van der Waals surface area contributed by atoms with Crippen LogP contribution in [0.2, 0.25) is 0 Å². The summed E-state index contributed by atoms with van der Waals surface area (Å²) < 4.78 is 13.7. The number of hydrogen-bond acceptors (Lipinski definition) is 4. The van der Waals surface area contributed by atoms with Gasteiger partial charge in [0.2, 0.25) is 11.8 Å². The predicted octanol–water partition coefficient (Wildman–Crippen LogP) is 1.36. The molecule has 2 aromatic carbocycles. The van der Waals surface area contributed by atoms with Gasteiger partial charge in [-0.15, -0.1) is 0 Å². The van der Waals surface area contributed by atoms with Gasteiger partial charge in [0.25, 0.3) is 0 Å². The van der Waals surface area contributed by atoms with Gasteiger partial charge in [-0.25, -0.2) is 9.18 Å². The molecule has 2 heterocycles. The molecule has 3 atom stereocenters. The molecule has 156 valence electrons. The second-order valence-electron chi connectivity index (χ2n) is 7.45. The van der Waals surface area contributed by atoms with Gasteiger partial charge in [-0.2, -0.15) is 0 Å². The van der Waals surface area contributed by atoms with E-state index in [-0.39, 0.29) is 36.2 Å². The summed E-state index contributed by atoms with van der Waals surface area (Å²) in [5, 5.41) is 17.3. The van der Waals surface area contributed by atoms with E-state index < -0.39 is 30.0 Å². The number of anilines is 1. The number of hydrogen-bond donors (Lipinski definition) is 4. The maximum absolute atomic E-state index is 13.7. The van der Waals surface area contributed by atoms with Crippen molar-refractivity contribution in [2.24, 2.45) is 0 Å². The molecule has 4 amide bonds. The summed E-state index contributed by atoms with van der Waals surface area (Å²) in [6, 6.07) is 9.87. The predicted molar refractivity (Wildman–Crippen MR) is 106 cm³/mol. The smallest absolute Gasteiger partial charge is 0.319 e. The zero-order valence-electron chi connectivity index (χ0n) is 16.0. The Morgan fingerprint density at radius 2 is 1.90 bits per heavy atom. The maximum Gasteiger partial charge on any atom is 0.319 e. The van der Waals surface area contributed by atoms with Crippen LogP contribution >= 0.6 is 0 Å². The molecule has 30 heavy (non-hydrogen) atoms. The number of aromatic hydroxyl groups is 1. The van der Waals surface area contributed by atoms with E-state index in [4.69, 9.17) is 0 Å². The Labute approximate surface area is 172 Å². The first-order valence-corrected chi connectivity index (χ1v) is 9.61. The van der Waals surface area contributed by atoms with Crippen LogP contribution in [-0.2, 0) is 16.0 Å². The molecule has 2 aromatic rings. The normalized spacial score (nSPS) is 23.0. The van der Waals surface area contributed by atoms with Crippen molar-refractivity contribution in [3.05, 3.63) is 59.9 Å². The molecule has 8 nitrogen and oxygen atoms in total. The molecule has 0 spiro atoms. The maximum atomic E-state index is 13.7. The number of halogens is 1. The molecular formula is C21H21FN4O4. The zero-order valence-corrected chi connectivity index (χ0v) is 16.0. The lowest BCUT2D eigenvalue weighted by Crippen LogP contribution is -2.61. The molecular weight excluding hydrogens is 391 g/mol. The van der Waals surface area contributed by atoms with Gasteiger partial charge >= 0.3 is 6.03 Å². The molecule has 4 N–H and O–H groups in total. The van der Waals surface area contributed by atoms with Gasteiger partial charge in [-0.1, -0.05) is 24.3 Å². The number of para-hydroxylation sites is 1. The van der Waals surface area contributed by atoms with Crippen LogP contribution in [0, 0.1) is 5.82 Å². The SMILES string of the molecule is O=C(Nc1ccccc1F)N[C@H]1C[C@H]2C(=O)N[C@@H](Cc3ccc(O)cc3)C(=O)N2C1. The van der Waals surface area contributed by atoms with Crippen molar-refractivity contribution in [3.63, 3.8) is 0 Å². The highest BCUT2D eigenvalue weighted by Gasteiger charge is 2.46. The van der Waals surface area contributed by atoms with Crippen molar-refractivity contribution >= 4 is 23.5 Å². The highest BCUT2D eigenvalue weighted by atomic mass is 19.1. The van der Waals surface area contributed by atoms with E-state index in [1.165, 1.54) is 35.2 Å². The Hall–Kier alpha value is -3.62. The van der Waals surface area contributed by atoms with Gasteiger partial charge in [0.05, 0.1) is 11.7 Å². The van der Waals surface area contributed by atoms with Crippen molar-refractivity contribution in [2.45, 2.75) is 31.0 Å². The van der Waals surface area contributed by atoms with Crippen LogP contribution < -0.4 is 16.0 Å². The number of amides is 4. The van der Waals surface area contributed by atoms with Crippen LogP contribution in [0.4, 0.5) is 14.9 Å². The van der Waals surface area contributed by atoms with Crippen molar-refractivity contribution in [2.75, 3.05) is 11.9 Å². The van der Waals surface area contributed by atoms with Crippen LogP contribution in [0.25, 0.3) is 0 Å². The Balaban J connectivity index is 1.38. The summed E-state index contributed by atoms with van der Waals surface area (Å²) in [5.74, 6) is -0.910. The minimum absolute atomic E-state index is 0.0495. The lowest BCUT2D eigenvalue weighted by Gasteiger charge is -2.34. The van der Waals surface area contributed by atoms with Crippen molar-refractivity contribution in [1.29, 1.82) is 0 Å². The number of nitrogens with one attached hydrogen (secondary N) is 3. The highest BCUT2D eigenvalue weighted by molar-refractivity contribution is 5.98. The number of piperazine rings is 1. The first kappa shape index (κ1) is 19.7. The monoisotopic (exact) mass is 412 g/mol. The molecule has 2 aliphatic heterocycles. The van der Waals surface area contributed by atoms with Gasteiger partial charge in [-0.05, 0) is 36.2 Å². The Bertz CT molecular complexity index is 981. The quantitative estimate of drug-likeness (QED) is 0.608. The largest absolute Gasteiger partial charge is 0.508 e. The number of nitrogens with zero attached hydrogens (tertiary/aromatic N) is 1. The third-order valence-corrected chi connectivity index (χ3v) is 5.33. The molecule has 9 heteroatoms. The Morgan fingerprint density at radius 1 is 1.17 bits per heavy atom. The molecule has 0 radical (unpaired) electrons. The molecule has 4 rings (SSSR count). The van der Waals surface area contributed by atoms with E-state index in [9.17, 15) is 23.9 Å². The number of phenols is 1. The number of carbonyl (C=O) groups excluding carboxylic acids is 3. The molecule has 2 saturated heterocycles. The third-order valence-electron chi connectivity index (χ3n) is 5.33. The lowest BCUT2D eigenvalue weighted by molar-refractivity contribution is -0.147. The molecule has 0 unspecified atom stereocenters. The van der Waals surface area contributed by atoms with E-state index in [0.717, 1.165) is 5.56 Å². The minimum Gasteiger partial charge on any atom is -0.508 e. The summed E-state index contributed by atoms with van der Waals surface area (Å²) in [6.07, 6.45) is 0.591. The molecule has 0 aliphatic carbocycles. The van der Waals surface area contributed by atoms with Gasteiger partial charge in [-0.3, -0.25) is 9.59 Å². The van der Waals surface area contributed by atoms with Gasteiger partial charge in [0.15, 0.2) is 0 Å². The minimum atomic E-state index is -0.704. The van der Waals surface area contributed by atoms with Gasteiger partial charge in [0.1, 0.15) is 23.7 Å². The third kappa shape index (κ3) is 4.05. The Morgan fingerprint density at radius 3 is 2.63 bits per heavy atom. The summed E-state index contributed by atoms with van der Waals surface area (Å²) in [6.45, 7) is 0.202. The fraction of sp³-hybridized carbons (Fsp3) is 0.286. The molecule has 2 aliphatic rings. The average Bonchev–Trinajstić information content (AvgIpc) is 3.14. The van der Waals surface area contributed by atoms with E-state index in [1.807, 2.05) is 0 Å². The number of phenolic OH excluding ortho intramolecular Hbond substituents is 1. The van der Waals surface area contributed by atoms with Gasteiger partial charge < -0.3 is 26.0 Å². The number of rotatable bonds is 4. The summed E-state index contributed by atoms with van der Waals surface area (Å²) in [7, 11) is 0. The first-order valence-electron chi connectivity index (χ1n) is 9.61. The van der Waals surface area contributed by atoms with Crippen LogP contribution in [0.1, 0.15) is 12.0 Å². The van der Waals surface area contributed by atoms with Crippen molar-refractivity contribution in [1.82, 2.24) is 15.5 Å². The van der Waals surface area contributed by atoms with Crippen molar-refractivity contribution < 1.29 is 23.9 Å². The molecule has 0 saturated carbocycles. The lowest BCUT2D eigenvalue weighted by atomic mass is 10.0. The first-order chi connectivity index (χ1) is 14.4. The van der Waals surface area contributed by atoms with Crippen LogP contribution in [0.15, 0.2) is 48.5 Å². The summed E-state index contributed by atoms with van der Waals surface area (Å²) >= 11 is 0. The average molecular weight is 412 g/mol. The summed E-state index contributed by atoms with van der Waals surface area (Å²) in [5.41, 5.74) is 0.858. The van der Waals surface area contributed by atoms with E-state index in [0.29, 0.717) is 6.42 Å². The fourth-order valence-corrected chi connectivity index (χ4v) is 3.87. The number of fused-ring (bicyclic) bond motifs is 1. The van der Waals surface area contributed by atoms with E-state index in [1.54, 1.807) is 18.2 Å². The molecule has 0 aromatic heterocycles. The molecule has 0 bridgehead atoms. The second-order valence-corrected chi connectivity index (χ2v) is 7.45. The van der Waals surface area contributed by atoms with E-state index >= 15 is 0 Å². The van der Waals surface area contributed by atoms with Crippen molar-refractivity contribution in [3.8, 4) is 5.75 Å². The van der Waals surface area contributed by atoms with Crippen LogP contribution in [0.3, 0.4) is 0 Å². The van der Waals surface area contributed by atoms with Crippen LogP contribution in [-0.4, -0.2) is 52.5 Å². The van der Waals surface area contributed by atoms with Crippen LogP contribution in [0.5, 0.6) is 5.75 Å². The van der Waals surface area contributed by atoms with Gasteiger partial charge in [0, 0.05) is 13.0 Å². The fourth-order valence-electron chi connectivity index (χ4n) is 3.87. The highest BCUT2D eigenvalue weighted by Crippen LogP contribution is 2.24. The second kappa shape index (κ2) is 8.02. The standard InChI is InChI=1S/C21H21FN4O4/c22-15-3-1-2-4-16(15)25-21(30)23-13-10-18-19(28)24-17(20(29)26(18)11-13)9-12-5-7-14(27)8-6-12/h1-8,13,17-18,27H,9-11H2,(H,24,28)(H2,23,25,30)/t13-,17-,18-/m0/s1. The summed E-state index contributed by atoms with van der Waals surface area (Å²) in [4.78, 5) is 39.1. The Kier molecular flexibility index (Phi) is 5.26. The number of carbonyl (C=O) groups is 3. The molecule has 2 fully saturated rings. The zero-order chi connectivity index (χ0) is 21.3. The van der Waals surface area contributed by atoms with E-state index in [2.05, 4.69) is 16.0 Å². The number of urea groups is 1. The number of benzene rings is 2. The topological polar surface area (TPSA) is 111 Å².